The molecule has 0 radical (unpaired) electrons. The molecule has 146 valence electrons. The first-order valence-electron chi connectivity index (χ1n) is 9.00. The largest absolute Gasteiger partial charge is 0.494 e. The minimum Gasteiger partial charge on any atom is -0.494 e. The third-order valence-electron chi connectivity index (χ3n) is 4.46. The zero-order chi connectivity index (χ0) is 20.2. The molecule has 0 atom stereocenters. The molecule has 4 rings (SSSR count). The van der Waals surface area contributed by atoms with Gasteiger partial charge in [-0.25, -0.2) is 9.37 Å². The molecule has 0 N–H and O–H groups in total. The van der Waals surface area contributed by atoms with Crippen molar-refractivity contribution in [3.8, 4) is 5.75 Å². The van der Waals surface area contributed by atoms with Gasteiger partial charge in [-0.1, -0.05) is 36.0 Å². The van der Waals surface area contributed by atoms with Gasteiger partial charge in [-0.05, 0) is 42.0 Å². The lowest BCUT2D eigenvalue weighted by Crippen LogP contribution is -2.24. The van der Waals surface area contributed by atoms with Crippen LogP contribution in [0.1, 0.15) is 11.3 Å². The fraction of sp³-hybridized carbons (Fsp3) is 0.136. The molecule has 0 unspecified atom stereocenters. The van der Waals surface area contributed by atoms with Gasteiger partial charge < -0.3 is 4.74 Å². The minimum absolute atomic E-state index is 0.121. The maximum absolute atomic E-state index is 14.0. The Balaban J connectivity index is 1.71. The van der Waals surface area contributed by atoms with E-state index in [1.54, 1.807) is 29.0 Å². The van der Waals surface area contributed by atoms with Gasteiger partial charge in [0.25, 0.3) is 5.56 Å². The third-order valence-corrected chi connectivity index (χ3v) is 5.50. The Labute approximate surface area is 171 Å². The van der Waals surface area contributed by atoms with Crippen molar-refractivity contribution < 1.29 is 9.13 Å². The van der Waals surface area contributed by atoms with Crippen LogP contribution in [0.25, 0.3) is 10.9 Å². The van der Waals surface area contributed by atoms with E-state index in [1.165, 1.54) is 24.9 Å². The van der Waals surface area contributed by atoms with Crippen LogP contribution in [-0.2, 0) is 12.3 Å². The molecule has 0 saturated carbocycles. The summed E-state index contributed by atoms with van der Waals surface area (Å²) in [6, 6.07) is 17.7. The highest BCUT2D eigenvalue weighted by molar-refractivity contribution is 7.98. The Morgan fingerprint density at radius 3 is 2.69 bits per heavy atom. The van der Waals surface area contributed by atoms with Crippen LogP contribution >= 0.6 is 11.8 Å². The highest BCUT2D eigenvalue weighted by atomic mass is 32.2. The number of para-hydroxylation sites is 1. The van der Waals surface area contributed by atoms with E-state index in [0.717, 1.165) is 11.3 Å². The first kappa shape index (κ1) is 19.1. The summed E-state index contributed by atoms with van der Waals surface area (Å²) in [5.41, 5.74) is 2.06. The van der Waals surface area contributed by atoms with Gasteiger partial charge >= 0.3 is 0 Å². The van der Waals surface area contributed by atoms with E-state index in [4.69, 9.17) is 4.74 Å². The van der Waals surface area contributed by atoms with Gasteiger partial charge in [-0.15, -0.1) is 0 Å². The van der Waals surface area contributed by atoms with Crippen molar-refractivity contribution in [1.82, 2.24) is 14.5 Å². The molecule has 2 aromatic heterocycles. The van der Waals surface area contributed by atoms with Crippen molar-refractivity contribution >= 4 is 22.7 Å². The SMILES string of the molecule is COc1ccc(CSc2nc3ccccc3c(=O)n2Cc2ccccn2)cc1F. The zero-order valence-corrected chi connectivity index (χ0v) is 16.5. The number of hydrogen-bond donors (Lipinski definition) is 0. The van der Waals surface area contributed by atoms with E-state index in [-0.39, 0.29) is 11.3 Å². The number of nitrogens with zero attached hydrogens (tertiary/aromatic N) is 3. The number of aromatic nitrogens is 3. The summed E-state index contributed by atoms with van der Waals surface area (Å²) >= 11 is 1.39. The maximum Gasteiger partial charge on any atom is 0.262 e. The topological polar surface area (TPSA) is 57.0 Å². The van der Waals surface area contributed by atoms with Gasteiger partial charge in [0, 0.05) is 11.9 Å². The van der Waals surface area contributed by atoms with Gasteiger partial charge in [-0.2, -0.15) is 0 Å². The lowest BCUT2D eigenvalue weighted by Gasteiger charge is -2.13. The second-order valence-corrected chi connectivity index (χ2v) is 7.32. The van der Waals surface area contributed by atoms with Crippen molar-refractivity contribution in [3.63, 3.8) is 0 Å². The van der Waals surface area contributed by atoms with Crippen molar-refractivity contribution in [1.29, 1.82) is 0 Å². The number of fused-ring (bicyclic) bond motifs is 1. The van der Waals surface area contributed by atoms with Gasteiger partial charge in [0.1, 0.15) is 0 Å². The van der Waals surface area contributed by atoms with E-state index in [0.29, 0.717) is 28.4 Å². The molecule has 4 aromatic rings. The number of halogens is 1. The number of rotatable bonds is 6. The molecule has 0 bridgehead atoms. The van der Waals surface area contributed by atoms with Gasteiger partial charge in [0.15, 0.2) is 16.7 Å². The molecule has 0 saturated heterocycles. The Hall–Kier alpha value is -3.19. The number of benzene rings is 2. The average Bonchev–Trinajstić information content (AvgIpc) is 2.75. The van der Waals surface area contributed by atoms with Crippen molar-refractivity contribution in [2.45, 2.75) is 17.5 Å². The lowest BCUT2D eigenvalue weighted by molar-refractivity contribution is 0.386. The number of ether oxygens (including phenoxy) is 1. The quantitative estimate of drug-likeness (QED) is 0.353. The number of pyridine rings is 1. The molecule has 2 heterocycles. The second kappa shape index (κ2) is 8.45. The smallest absolute Gasteiger partial charge is 0.262 e. The van der Waals surface area contributed by atoms with Crippen molar-refractivity contribution in [2.75, 3.05) is 7.11 Å². The Bertz CT molecular complexity index is 1210. The molecule has 0 spiro atoms. The molecule has 29 heavy (non-hydrogen) atoms. The molecule has 0 fully saturated rings. The van der Waals surface area contributed by atoms with E-state index < -0.39 is 5.82 Å². The van der Waals surface area contributed by atoms with Crippen LogP contribution in [0.4, 0.5) is 4.39 Å². The number of thioether (sulfide) groups is 1. The predicted molar refractivity (Wildman–Crippen MR) is 112 cm³/mol. The highest BCUT2D eigenvalue weighted by Gasteiger charge is 2.13. The molecule has 0 aliphatic carbocycles. The highest BCUT2D eigenvalue weighted by Crippen LogP contribution is 2.25. The van der Waals surface area contributed by atoms with E-state index in [2.05, 4.69) is 9.97 Å². The van der Waals surface area contributed by atoms with Crippen LogP contribution in [0, 0.1) is 5.82 Å². The summed E-state index contributed by atoms with van der Waals surface area (Å²) in [7, 11) is 1.43. The van der Waals surface area contributed by atoms with Gasteiger partial charge in [0.2, 0.25) is 0 Å². The Morgan fingerprint density at radius 1 is 1.10 bits per heavy atom. The Kier molecular flexibility index (Phi) is 5.57. The van der Waals surface area contributed by atoms with Crippen LogP contribution in [0.15, 0.2) is 76.8 Å². The van der Waals surface area contributed by atoms with Crippen LogP contribution in [-0.4, -0.2) is 21.6 Å². The van der Waals surface area contributed by atoms with Crippen LogP contribution in [0.2, 0.25) is 0 Å². The van der Waals surface area contributed by atoms with Crippen LogP contribution in [0.3, 0.4) is 0 Å². The molecular formula is C22H18FN3O2S. The van der Waals surface area contributed by atoms with Gasteiger partial charge in [-0.3, -0.25) is 14.3 Å². The molecule has 2 aromatic carbocycles. The fourth-order valence-electron chi connectivity index (χ4n) is 3.00. The molecule has 7 heteroatoms. The third kappa shape index (κ3) is 4.14. The standard InChI is InChI=1S/C22H18FN3O2S/c1-28-20-10-9-15(12-18(20)23)14-29-22-25-19-8-3-2-7-17(19)21(27)26(22)13-16-6-4-5-11-24-16/h2-12H,13-14H2,1H3. The summed E-state index contributed by atoms with van der Waals surface area (Å²) in [6.07, 6.45) is 1.70. The molecule has 5 nitrogen and oxygen atoms in total. The summed E-state index contributed by atoms with van der Waals surface area (Å²) in [5, 5.41) is 1.12. The van der Waals surface area contributed by atoms with Crippen LogP contribution in [0.5, 0.6) is 5.75 Å². The summed E-state index contributed by atoms with van der Waals surface area (Å²) in [4.78, 5) is 22.1. The minimum atomic E-state index is -0.414. The fourth-order valence-corrected chi connectivity index (χ4v) is 3.94. The summed E-state index contributed by atoms with van der Waals surface area (Å²) in [6.45, 7) is 0.316. The lowest BCUT2D eigenvalue weighted by atomic mass is 10.2. The van der Waals surface area contributed by atoms with Crippen LogP contribution < -0.4 is 10.3 Å². The summed E-state index contributed by atoms with van der Waals surface area (Å²) < 4.78 is 20.6. The number of hydrogen-bond acceptors (Lipinski definition) is 5. The first-order chi connectivity index (χ1) is 14.2. The van der Waals surface area contributed by atoms with Crippen molar-refractivity contribution in [3.05, 3.63) is 94.3 Å². The average molecular weight is 407 g/mol. The first-order valence-corrected chi connectivity index (χ1v) is 9.99. The molecule has 0 aliphatic heterocycles. The maximum atomic E-state index is 14.0. The summed E-state index contributed by atoms with van der Waals surface area (Å²) in [5.74, 6) is 0.256. The van der Waals surface area contributed by atoms with E-state index in [9.17, 15) is 9.18 Å². The van der Waals surface area contributed by atoms with E-state index in [1.807, 2.05) is 36.4 Å². The Morgan fingerprint density at radius 2 is 1.93 bits per heavy atom. The van der Waals surface area contributed by atoms with Crippen molar-refractivity contribution in [2.24, 2.45) is 0 Å². The zero-order valence-electron chi connectivity index (χ0n) is 15.7. The normalized spacial score (nSPS) is 11.0. The van der Waals surface area contributed by atoms with E-state index >= 15 is 0 Å². The molecular weight excluding hydrogens is 389 g/mol. The monoisotopic (exact) mass is 407 g/mol. The molecule has 0 aliphatic rings. The second-order valence-electron chi connectivity index (χ2n) is 6.38. The predicted octanol–water partition coefficient (Wildman–Crippen LogP) is 4.28. The molecule has 0 amide bonds. The van der Waals surface area contributed by atoms with Gasteiger partial charge in [0.05, 0.1) is 30.3 Å². The number of methoxy groups -OCH3 is 1.